The van der Waals surface area contributed by atoms with Gasteiger partial charge in [0.05, 0.1) is 11.8 Å². The predicted octanol–water partition coefficient (Wildman–Crippen LogP) is 4.11. The average Bonchev–Trinajstić information content (AvgIpc) is 3.10. The number of anilines is 1. The number of ether oxygens (including phenoxy) is 1. The van der Waals surface area contributed by atoms with Gasteiger partial charge in [-0.2, -0.15) is 0 Å². The molecule has 0 spiro atoms. The molecule has 1 N–H and O–H groups in total. The van der Waals surface area contributed by atoms with Crippen molar-refractivity contribution in [1.82, 2.24) is 4.90 Å². The molecule has 4 rings (SSSR count). The number of rotatable bonds is 7. The van der Waals surface area contributed by atoms with Gasteiger partial charge in [0, 0.05) is 16.6 Å². The van der Waals surface area contributed by atoms with E-state index in [2.05, 4.69) is 21.2 Å². The highest BCUT2D eigenvalue weighted by atomic mass is 79.9. The molecule has 2 aromatic carbocycles. The van der Waals surface area contributed by atoms with E-state index in [1.807, 2.05) is 68.5 Å². The lowest BCUT2D eigenvalue weighted by Crippen LogP contribution is -2.48. The van der Waals surface area contributed by atoms with E-state index in [1.165, 1.54) is 0 Å². The van der Waals surface area contributed by atoms with Gasteiger partial charge in [-0.1, -0.05) is 58.4 Å². The normalized spacial score (nSPS) is 19.9. The third-order valence-electron chi connectivity index (χ3n) is 6.46. The first-order valence-corrected chi connectivity index (χ1v) is 12.3. The fourth-order valence-corrected chi connectivity index (χ4v) is 4.93. The summed E-state index contributed by atoms with van der Waals surface area (Å²) in [5.41, 5.74) is 3.30. The van der Waals surface area contributed by atoms with Crippen LogP contribution in [0.4, 0.5) is 5.69 Å². The van der Waals surface area contributed by atoms with Crippen LogP contribution in [0.15, 0.2) is 59.1 Å². The van der Waals surface area contributed by atoms with E-state index in [-0.39, 0.29) is 18.2 Å². The van der Waals surface area contributed by atoms with Crippen LogP contribution in [0.1, 0.15) is 29.5 Å². The molecule has 0 radical (unpaired) electrons. The summed E-state index contributed by atoms with van der Waals surface area (Å²) in [6.07, 6.45) is 4.88. The van der Waals surface area contributed by atoms with Crippen molar-refractivity contribution in [2.75, 3.05) is 11.9 Å². The van der Waals surface area contributed by atoms with E-state index in [0.717, 1.165) is 26.1 Å². The number of likely N-dealkylation sites (tertiary alicyclic amines) is 1. The lowest BCUT2D eigenvalue weighted by molar-refractivity contribution is -0.159. The molecule has 2 aliphatic rings. The highest BCUT2D eigenvalue weighted by Gasteiger charge is 2.51. The molecule has 3 amide bonds. The number of imide groups is 1. The van der Waals surface area contributed by atoms with E-state index in [9.17, 15) is 19.2 Å². The van der Waals surface area contributed by atoms with Gasteiger partial charge < -0.3 is 10.1 Å². The second kappa shape index (κ2) is 10.6. The van der Waals surface area contributed by atoms with Gasteiger partial charge in [-0.3, -0.25) is 19.3 Å². The van der Waals surface area contributed by atoms with Crippen molar-refractivity contribution in [3.63, 3.8) is 0 Å². The van der Waals surface area contributed by atoms with Gasteiger partial charge in [-0.15, -0.1) is 0 Å². The molecule has 0 saturated carbocycles. The number of halogens is 1. The van der Waals surface area contributed by atoms with Gasteiger partial charge >= 0.3 is 5.97 Å². The minimum atomic E-state index is -1.13. The highest BCUT2D eigenvalue weighted by molar-refractivity contribution is 9.10. The van der Waals surface area contributed by atoms with Crippen LogP contribution in [0.3, 0.4) is 0 Å². The summed E-state index contributed by atoms with van der Waals surface area (Å²) in [6, 6.07) is 11.6. The Bertz CT molecular complexity index is 1140. The zero-order valence-electron chi connectivity index (χ0n) is 19.6. The maximum absolute atomic E-state index is 13.2. The number of carbonyl (C=O) groups is 4. The molecule has 7 nitrogen and oxygen atoms in total. The van der Waals surface area contributed by atoms with E-state index in [4.69, 9.17) is 4.74 Å². The summed E-state index contributed by atoms with van der Waals surface area (Å²) in [7, 11) is 0. The number of hydrogen-bond donors (Lipinski definition) is 1. The summed E-state index contributed by atoms with van der Waals surface area (Å²) >= 11 is 3.49. The van der Waals surface area contributed by atoms with Gasteiger partial charge in [0.2, 0.25) is 11.8 Å². The Balaban J connectivity index is 1.48. The number of nitrogens with zero attached hydrogens (tertiary/aromatic N) is 1. The second-order valence-electron chi connectivity index (χ2n) is 8.99. The Hall–Kier alpha value is -3.26. The molecule has 0 aromatic heterocycles. The minimum absolute atomic E-state index is 0.122. The lowest BCUT2D eigenvalue weighted by atomic mass is 9.85. The van der Waals surface area contributed by atoms with Crippen LogP contribution in [-0.4, -0.2) is 41.2 Å². The highest BCUT2D eigenvalue weighted by Crippen LogP contribution is 2.36. The first-order valence-electron chi connectivity index (χ1n) is 11.6. The largest absolute Gasteiger partial charge is 0.454 e. The van der Waals surface area contributed by atoms with Crippen LogP contribution in [-0.2, 0) is 30.3 Å². The average molecular weight is 539 g/mol. The van der Waals surface area contributed by atoms with Crippen molar-refractivity contribution in [2.45, 2.75) is 39.2 Å². The zero-order chi connectivity index (χ0) is 25.1. The fraction of sp³-hybridized carbons (Fsp3) is 0.333. The number of benzene rings is 2. The Morgan fingerprint density at radius 1 is 1.03 bits per heavy atom. The maximum atomic E-state index is 13.2. The van der Waals surface area contributed by atoms with Crippen LogP contribution in [0.25, 0.3) is 0 Å². The number of aryl methyl sites for hydroxylation is 2. The SMILES string of the molecule is Cc1cc(NC(=O)COC(=O)[C@H](Cc2ccccc2)N2C(=O)[C@H]3CC=CC[C@H]3C2=O)cc(C)c1Br. The summed E-state index contributed by atoms with van der Waals surface area (Å²) in [4.78, 5) is 53.0. The summed E-state index contributed by atoms with van der Waals surface area (Å²) in [6.45, 7) is 3.30. The van der Waals surface area contributed by atoms with Crippen LogP contribution in [0.2, 0.25) is 0 Å². The molecule has 3 atom stereocenters. The van der Waals surface area contributed by atoms with Gasteiger partial charge in [-0.25, -0.2) is 4.79 Å². The van der Waals surface area contributed by atoms with Gasteiger partial charge in [-0.05, 0) is 55.5 Å². The third kappa shape index (κ3) is 5.37. The molecule has 8 heteroatoms. The minimum Gasteiger partial charge on any atom is -0.454 e. The van der Waals surface area contributed by atoms with Crippen molar-refractivity contribution in [3.8, 4) is 0 Å². The monoisotopic (exact) mass is 538 g/mol. The quantitative estimate of drug-likeness (QED) is 0.325. The molecule has 1 fully saturated rings. The predicted molar refractivity (Wildman–Crippen MR) is 134 cm³/mol. The number of nitrogens with one attached hydrogen (secondary N) is 1. The van der Waals surface area contributed by atoms with Crippen molar-refractivity contribution >= 4 is 45.3 Å². The molecule has 1 heterocycles. The van der Waals surface area contributed by atoms with Crippen LogP contribution in [0, 0.1) is 25.7 Å². The molecular formula is C27H27BrN2O5. The van der Waals surface area contributed by atoms with E-state index in [0.29, 0.717) is 18.5 Å². The molecule has 1 aliphatic heterocycles. The Morgan fingerprint density at radius 3 is 2.17 bits per heavy atom. The Labute approximate surface area is 212 Å². The van der Waals surface area contributed by atoms with E-state index in [1.54, 1.807) is 0 Å². The number of amides is 3. The lowest BCUT2D eigenvalue weighted by Gasteiger charge is -2.25. The van der Waals surface area contributed by atoms with E-state index < -0.39 is 36.4 Å². The molecule has 0 bridgehead atoms. The third-order valence-corrected chi connectivity index (χ3v) is 7.71. The topological polar surface area (TPSA) is 92.8 Å². The standard InChI is InChI=1S/C27H27BrN2O5/c1-16-12-19(13-17(2)24(16)28)29-23(31)15-35-27(34)22(14-18-8-4-3-5-9-18)30-25(32)20-10-6-7-11-21(20)26(30)33/h3-9,12-13,20-22H,10-11,14-15H2,1-2H3,(H,29,31)/t20-,21+,22-/m0/s1. The van der Waals surface area contributed by atoms with Crippen molar-refractivity contribution < 1.29 is 23.9 Å². The first-order chi connectivity index (χ1) is 16.8. The van der Waals surface area contributed by atoms with Gasteiger partial charge in [0.15, 0.2) is 6.61 Å². The van der Waals surface area contributed by atoms with Gasteiger partial charge in [0.1, 0.15) is 6.04 Å². The van der Waals surface area contributed by atoms with Crippen molar-refractivity contribution in [3.05, 3.63) is 75.8 Å². The zero-order valence-corrected chi connectivity index (χ0v) is 21.2. The maximum Gasteiger partial charge on any atom is 0.330 e. The molecule has 1 aliphatic carbocycles. The molecule has 1 saturated heterocycles. The molecule has 182 valence electrons. The molecule has 0 unspecified atom stereocenters. The molecule has 35 heavy (non-hydrogen) atoms. The Kier molecular flexibility index (Phi) is 7.50. The molecular weight excluding hydrogens is 512 g/mol. The van der Waals surface area contributed by atoms with Crippen LogP contribution < -0.4 is 5.32 Å². The second-order valence-corrected chi connectivity index (χ2v) is 9.78. The summed E-state index contributed by atoms with van der Waals surface area (Å²) < 4.78 is 6.29. The number of carbonyl (C=O) groups excluding carboxylic acids is 4. The number of allylic oxidation sites excluding steroid dienone is 2. The van der Waals surface area contributed by atoms with Crippen molar-refractivity contribution in [1.29, 1.82) is 0 Å². The van der Waals surface area contributed by atoms with Crippen LogP contribution in [0.5, 0.6) is 0 Å². The smallest absolute Gasteiger partial charge is 0.330 e. The number of hydrogen-bond acceptors (Lipinski definition) is 5. The number of esters is 1. The van der Waals surface area contributed by atoms with E-state index >= 15 is 0 Å². The summed E-state index contributed by atoms with van der Waals surface area (Å²) in [5.74, 6) is -2.90. The fourth-order valence-electron chi connectivity index (χ4n) is 4.70. The van der Waals surface area contributed by atoms with Crippen LogP contribution >= 0.6 is 15.9 Å². The number of fused-ring (bicyclic) bond motifs is 1. The van der Waals surface area contributed by atoms with Crippen molar-refractivity contribution in [2.24, 2.45) is 11.8 Å². The first kappa shape index (κ1) is 24.9. The summed E-state index contributed by atoms with van der Waals surface area (Å²) in [5, 5.41) is 2.73. The van der Waals surface area contributed by atoms with Gasteiger partial charge in [0.25, 0.3) is 5.91 Å². The molecule has 2 aromatic rings. The Morgan fingerprint density at radius 2 is 1.60 bits per heavy atom.